The molecule has 0 aromatic heterocycles. The monoisotopic (exact) mass is 1030 g/mol. The van der Waals surface area contributed by atoms with Gasteiger partial charge in [-0.2, -0.15) is 0 Å². The van der Waals surface area contributed by atoms with Crippen LogP contribution in [-0.2, 0) is 14.3 Å². The summed E-state index contributed by atoms with van der Waals surface area (Å²) in [6.45, 7) is 4.82. The molecular formula is C67H127NO5. The van der Waals surface area contributed by atoms with E-state index in [0.29, 0.717) is 19.4 Å². The molecule has 0 heterocycles. The van der Waals surface area contributed by atoms with Crippen molar-refractivity contribution in [1.29, 1.82) is 0 Å². The van der Waals surface area contributed by atoms with Gasteiger partial charge in [0.2, 0.25) is 5.91 Å². The molecule has 0 radical (unpaired) electrons. The van der Waals surface area contributed by atoms with Crippen molar-refractivity contribution < 1.29 is 24.5 Å². The van der Waals surface area contributed by atoms with Gasteiger partial charge in [-0.1, -0.05) is 326 Å². The Hall–Kier alpha value is -1.92. The van der Waals surface area contributed by atoms with E-state index < -0.39 is 12.1 Å². The first-order valence-corrected chi connectivity index (χ1v) is 32.8. The molecule has 0 spiro atoms. The van der Waals surface area contributed by atoms with Crippen LogP contribution in [0.1, 0.15) is 354 Å². The fourth-order valence-electron chi connectivity index (χ4n) is 10.2. The van der Waals surface area contributed by atoms with Crippen molar-refractivity contribution >= 4 is 11.9 Å². The molecule has 0 aliphatic rings. The van der Waals surface area contributed by atoms with Gasteiger partial charge in [0.1, 0.15) is 0 Å². The number of hydrogen-bond donors (Lipinski definition) is 3. The summed E-state index contributed by atoms with van der Waals surface area (Å²) in [6, 6.07) is -0.632. The van der Waals surface area contributed by atoms with Gasteiger partial charge in [-0.05, 0) is 51.4 Å². The van der Waals surface area contributed by atoms with Crippen molar-refractivity contribution in [3.05, 3.63) is 36.5 Å². The Labute approximate surface area is 455 Å². The van der Waals surface area contributed by atoms with Gasteiger partial charge in [0.15, 0.2) is 0 Å². The standard InChI is InChI=1S/C67H127NO5/c1-3-5-7-9-11-13-15-17-19-21-25-29-33-37-41-45-49-53-57-61-67(72)73-62-58-54-50-46-42-38-34-30-27-24-22-23-26-28-32-36-40-44-48-52-56-60-66(71)68-64(63-69)65(70)59-55-51-47-43-39-35-31-20-18-16-14-12-10-8-6-4-2/h38,42,50,54-55,59,64-65,69-70H,3-37,39-41,43-49,51-53,56-58,60-63H2,1-2H3,(H,68,71)/b42-38-,54-50-,59-55+. The lowest BCUT2D eigenvalue weighted by Gasteiger charge is -2.20. The number of carbonyl (C=O) groups excluding carboxylic acids is 2. The third-order valence-corrected chi connectivity index (χ3v) is 15.2. The van der Waals surface area contributed by atoms with E-state index in [9.17, 15) is 19.8 Å². The molecule has 2 unspecified atom stereocenters. The molecule has 2 atom stereocenters. The molecular weight excluding hydrogens is 899 g/mol. The van der Waals surface area contributed by atoms with Crippen molar-refractivity contribution in [2.24, 2.45) is 0 Å². The summed E-state index contributed by atoms with van der Waals surface area (Å²) in [6.07, 6.45) is 79.3. The Bertz CT molecular complexity index is 1180. The maximum atomic E-state index is 12.5. The second-order valence-corrected chi connectivity index (χ2v) is 22.5. The van der Waals surface area contributed by atoms with Crippen LogP contribution in [-0.4, -0.2) is 47.4 Å². The number of rotatable bonds is 61. The minimum Gasteiger partial charge on any atom is -0.465 e. The lowest BCUT2D eigenvalue weighted by Crippen LogP contribution is -2.45. The average Bonchev–Trinajstić information content (AvgIpc) is 3.39. The number of nitrogens with one attached hydrogen (secondary N) is 1. The van der Waals surface area contributed by atoms with Crippen LogP contribution in [0, 0.1) is 0 Å². The number of unbranched alkanes of at least 4 members (excludes halogenated alkanes) is 46. The number of aliphatic hydroxyl groups excluding tert-OH is 2. The number of hydrogen-bond acceptors (Lipinski definition) is 5. The highest BCUT2D eigenvalue weighted by Crippen LogP contribution is 2.18. The van der Waals surface area contributed by atoms with Gasteiger partial charge in [0.25, 0.3) is 0 Å². The topological polar surface area (TPSA) is 95.9 Å². The predicted molar refractivity (Wildman–Crippen MR) is 319 cm³/mol. The minimum absolute atomic E-state index is 0.0308. The van der Waals surface area contributed by atoms with Crippen molar-refractivity contribution in [3.63, 3.8) is 0 Å². The number of esters is 1. The van der Waals surface area contributed by atoms with Crippen LogP contribution >= 0.6 is 0 Å². The first-order valence-electron chi connectivity index (χ1n) is 32.8. The van der Waals surface area contributed by atoms with Crippen molar-refractivity contribution in [3.8, 4) is 0 Å². The smallest absolute Gasteiger partial charge is 0.305 e. The lowest BCUT2D eigenvalue weighted by molar-refractivity contribution is -0.143. The van der Waals surface area contributed by atoms with Crippen LogP contribution in [0.4, 0.5) is 0 Å². The Kier molecular flexibility index (Phi) is 61.0. The molecule has 0 fully saturated rings. The first kappa shape index (κ1) is 71.1. The zero-order chi connectivity index (χ0) is 52.9. The number of aliphatic hydroxyl groups is 2. The van der Waals surface area contributed by atoms with E-state index >= 15 is 0 Å². The van der Waals surface area contributed by atoms with Crippen LogP contribution in [0.5, 0.6) is 0 Å². The molecule has 0 aliphatic carbocycles. The van der Waals surface area contributed by atoms with E-state index in [2.05, 4.69) is 43.5 Å². The van der Waals surface area contributed by atoms with E-state index in [4.69, 9.17) is 4.74 Å². The highest BCUT2D eigenvalue weighted by Gasteiger charge is 2.18. The largest absolute Gasteiger partial charge is 0.465 e. The zero-order valence-electron chi connectivity index (χ0n) is 49.1. The van der Waals surface area contributed by atoms with E-state index in [1.54, 1.807) is 6.08 Å². The molecule has 0 saturated heterocycles. The summed E-state index contributed by atoms with van der Waals surface area (Å²) in [5, 5.41) is 23.2. The molecule has 1 amide bonds. The van der Waals surface area contributed by atoms with Crippen LogP contribution < -0.4 is 5.32 Å². The normalized spacial score (nSPS) is 12.8. The molecule has 430 valence electrons. The second kappa shape index (κ2) is 62.6. The summed E-state index contributed by atoms with van der Waals surface area (Å²) < 4.78 is 5.44. The van der Waals surface area contributed by atoms with E-state index in [1.807, 2.05) is 6.08 Å². The number of ether oxygens (including phenoxy) is 1. The van der Waals surface area contributed by atoms with Crippen molar-refractivity contribution in [1.82, 2.24) is 5.32 Å². The molecule has 0 saturated carbocycles. The lowest BCUT2D eigenvalue weighted by atomic mass is 10.0. The summed E-state index contributed by atoms with van der Waals surface area (Å²) in [4.78, 5) is 24.6. The molecule has 6 heteroatoms. The Balaban J connectivity index is 3.45. The van der Waals surface area contributed by atoms with Crippen LogP contribution in [0.15, 0.2) is 36.5 Å². The molecule has 0 aliphatic heterocycles. The van der Waals surface area contributed by atoms with Crippen LogP contribution in [0.2, 0.25) is 0 Å². The maximum absolute atomic E-state index is 12.5. The van der Waals surface area contributed by atoms with Crippen molar-refractivity contribution in [2.75, 3.05) is 13.2 Å². The Morgan fingerprint density at radius 2 is 0.685 bits per heavy atom. The summed E-state index contributed by atoms with van der Waals surface area (Å²) in [5.74, 6) is -0.102. The Morgan fingerprint density at radius 1 is 0.384 bits per heavy atom. The summed E-state index contributed by atoms with van der Waals surface area (Å²) in [7, 11) is 0. The highest BCUT2D eigenvalue weighted by molar-refractivity contribution is 5.76. The average molecular weight is 1030 g/mol. The molecule has 0 aromatic carbocycles. The quantitative estimate of drug-likeness (QED) is 0.0320. The molecule has 3 N–H and O–H groups in total. The summed E-state index contributed by atoms with van der Waals surface area (Å²) >= 11 is 0. The molecule has 6 nitrogen and oxygen atoms in total. The van der Waals surface area contributed by atoms with Gasteiger partial charge in [-0.15, -0.1) is 0 Å². The maximum Gasteiger partial charge on any atom is 0.305 e. The molecule has 0 aromatic rings. The number of amides is 1. The highest BCUT2D eigenvalue weighted by atomic mass is 16.5. The van der Waals surface area contributed by atoms with E-state index in [1.165, 1.54) is 276 Å². The van der Waals surface area contributed by atoms with Gasteiger partial charge in [-0.3, -0.25) is 9.59 Å². The van der Waals surface area contributed by atoms with Crippen molar-refractivity contribution in [2.45, 2.75) is 366 Å². The Morgan fingerprint density at radius 3 is 1.04 bits per heavy atom. The first-order chi connectivity index (χ1) is 36.0. The predicted octanol–water partition coefficient (Wildman–Crippen LogP) is 20.8. The number of allylic oxidation sites excluding steroid dienone is 4. The third kappa shape index (κ3) is 59.2. The molecule has 0 rings (SSSR count). The summed E-state index contributed by atoms with van der Waals surface area (Å²) in [5.41, 5.74) is 0. The van der Waals surface area contributed by atoms with Gasteiger partial charge in [-0.25, -0.2) is 0 Å². The van der Waals surface area contributed by atoms with Gasteiger partial charge < -0.3 is 20.3 Å². The van der Waals surface area contributed by atoms with E-state index in [-0.39, 0.29) is 18.5 Å². The van der Waals surface area contributed by atoms with Gasteiger partial charge in [0, 0.05) is 12.8 Å². The second-order valence-electron chi connectivity index (χ2n) is 22.5. The fourth-order valence-corrected chi connectivity index (χ4v) is 10.2. The third-order valence-electron chi connectivity index (χ3n) is 15.2. The number of carbonyl (C=O) groups is 2. The molecule has 73 heavy (non-hydrogen) atoms. The van der Waals surface area contributed by atoms with Gasteiger partial charge in [0.05, 0.1) is 25.4 Å². The zero-order valence-corrected chi connectivity index (χ0v) is 49.1. The van der Waals surface area contributed by atoms with E-state index in [0.717, 1.165) is 51.4 Å². The van der Waals surface area contributed by atoms with Crippen LogP contribution in [0.25, 0.3) is 0 Å². The molecule has 0 bridgehead atoms. The minimum atomic E-state index is -0.848. The van der Waals surface area contributed by atoms with Crippen LogP contribution in [0.3, 0.4) is 0 Å². The fraction of sp³-hybridized carbons (Fsp3) is 0.881. The van der Waals surface area contributed by atoms with Gasteiger partial charge >= 0.3 is 5.97 Å². The SMILES string of the molecule is CCCCCCCCCCCCCCCC/C=C/C(O)C(CO)NC(=O)CCCCCCCCCCCCCCCC/C=C\C/C=C\CCOC(=O)CCCCCCCCCCCCCCCCCCCCC.